The highest BCUT2D eigenvalue weighted by atomic mass is 32.2. The Morgan fingerprint density at radius 3 is 2.46 bits per heavy atom. The third kappa shape index (κ3) is 6.94. The normalized spacial score (nSPS) is 14.9. The third-order valence-corrected chi connectivity index (χ3v) is 7.33. The molecule has 190 valence electrons. The number of amides is 2. The fraction of sp³-hybridized carbons (Fsp3) is 0.440. The lowest BCUT2D eigenvalue weighted by Gasteiger charge is -2.32. The van der Waals surface area contributed by atoms with Crippen LogP contribution in [-0.2, 0) is 26.2 Å². The second-order valence-corrected chi connectivity index (χ2v) is 10.7. The van der Waals surface area contributed by atoms with Crippen LogP contribution in [0.4, 0.5) is 10.1 Å². The molecule has 1 aliphatic carbocycles. The van der Waals surface area contributed by atoms with Gasteiger partial charge in [0.15, 0.2) is 0 Å². The summed E-state index contributed by atoms with van der Waals surface area (Å²) in [7, 11) is -2.41. The number of anilines is 1. The molecule has 1 unspecified atom stereocenters. The molecular formula is C25H32FN3O5S. The first-order valence-corrected chi connectivity index (χ1v) is 13.4. The average molecular weight is 506 g/mol. The highest BCUT2D eigenvalue weighted by Gasteiger charge is 2.31. The number of nitrogens with one attached hydrogen (secondary N) is 1. The Bertz CT molecular complexity index is 1150. The molecule has 35 heavy (non-hydrogen) atoms. The molecule has 0 aliphatic heterocycles. The molecular weight excluding hydrogens is 473 g/mol. The number of hydrogen-bond donors (Lipinski definition) is 1. The molecule has 0 saturated heterocycles. The van der Waals surface area contributed by atoms with Gasteiger partial charge < -0.3 is 15.0 Å². The first kappa shape index (κ1) is 26.5. The van der Waals surface area contributed by atoms with Gasteiger partial charge in [0.2, 0.25) is 21.8 Å². The molecule has 3 rings (SSSR count). The maximum atomic E-state index is 14.4. The van der Waals surface area contributed by atoms with E-state index in [1.807, 2.05) is 0 Å². The summed E-state index contributed by atoms with van der Waals surface area (Å²) in [5.41, 5.74) is 0.475. The standard InChI is InChI=1S/C25H32FN3O5S/c1-18(25(31)27-20-10-5-6-11-20)28(16-19-9-4-7-14-23(19)26)24(30)17-29(35(3,32)33)21-12-8-13-22(15-21)34-2/h4,7-9,12-15,18,20H,5-6,10-11,16-17H2,1-3H3,(H,27,31). The summed E-state index contributed by atoms with van der Waals surface area (Å²) in [5, 5.41) is 2.97. The second-order valence-electron chi connectivity index (χ2n) is 8.75. The topological polar surface area (TPSA) is 96.0 Å². The van der Waals surface area contributed by atoms with Crippen molar-refractivity contribution in [3.8, 4) is 5.75 Å². The van der Waals surface area contributed by atoms with E-state index in [9.17, 15) is 22.4 Å². The Labute approximate surface area is 206 Å². The first-order valence-electron chi connectivity index (χ1n) is 11.5. The van der Waals surface area contributed by atoms with E-state index in [1.54, 1.807) is 31.2 Å². The van der Waals surface area contributed by atoms with E-state index in [4.69, 9.17) is 4.74 Å². The van der Waals surface area contributed by atoms with Crippen molar-refractivity contribution in [3.05, 3.63) is 59.9 Å². The number of halogens is 1. The Morgan fingerprint density at radius 2 is 1.83 bits per heavy atom. The van der Waals surface area contributed by atoms with E-state index in [0.717, 1.165) is 36.2 Å². The lowest BCUT2D eigenvalue weighted by molar-refractivity contribution is -0.139. The molecule has 2 aromatic carbocycles. The van der Waals surface area contributed by atoms with Crippen LogP contribution in [-0.4, -0.2) is 57.1 Å². The summed E-state index contributed by atoms with van der Waals surface area (Å²) < 4.78 is 45.8. The molecule has 1 N–H and O–H groups in total. The van der Waals surface area contributed by atoms with Crippen molar-refractivity contribution in [3.63, 3.8) is 0 Å². The van der Waals surface area contributed by atoms with E-state index in [-0.39, 0.29) is 29.7 Å². The first-order chi connectivity index (χ1) is 16.6. The van der Waals surface area contributed by atoms with Gasteiger partial charge in [0.1, 0.15) is 24.2 Å². The van der Waals surface area contributed by atoms with Gasteiger partial charge in [0.05, 0.1) is 19.1 Å². The average Bonchev–Trinajstić information content (AvgIpc) is 3.33. The SMILES string of the molecule is COc1cccc(N(CC(=O)N(Cc2ccccc2F)C(C)C(=O)NC2CCCC2)S(C)(=O)=O)c1. The van der Waals surface area contributed by atoms with Crippen molar-refractivity contribution < 1.29 is 27.1 Å². The van der Waals surface area contributed by atoms with Crippen LogP contribution in [0.25, 0.3) is 0 Å². The molecule has 1 aliphatic rings. The van der Waals surface area contributed by atoms with Crippen molar-refractivity contribution in [1.82, 2.24) is 10.2 Å². The number of carbonyl (C=O) groups is 2. The van der Waals surface area contributed by atoms with Crippen molar-refractivity contribution in [2.75, 3.05) is 24.2 Å². The van der Waals surface area contributed by atoms with Gasteiger partial charge in [-0.3, -0.25) is 13.9 Å². The van der Waals surface area contributed by atoms with Crippen molar-refractivity contribution >= 4 is 27.5 Å². The lowest BCUT2D eigenvalue weighted by Crippen LogP contribution is -2.52. The van der Waals surface area contributed by atoms with Gasteiger partial charge in [-0.15, -0.1) is 0 Å². The molecule has 1 atom stereocenters. The highest BCUT2D eigenvalue weighted by Crippen LogP contribution is 2.24. The number of rotatable bonds is 10. The number of nitrogens with zero attached hydrogens (tertiary/aromatic N) is 2. The number of sulfonamides is 1. The Morgan fingerprint density at radius 1 is 1.14 bits per heavy atom. The van der Waals surface area contributed by atoms with Crippen LogP contribution in [0.15, 0.2) is 48.5 Å². The summed E-state index contributed by atoms with van der Waals surface area (Å²) in [5.74, 6) is -1.07. The van der Waals surface area contributed by atoms with E-state index in [2.05, 4.69) is 5.32 Å². The molecule has 10 heteroatoms. The minimum absolute atomic E-state index is 0.0414. The number of hydrogen-bond acceptors (Lipinski definition) is 5. The molecule has 2 aromatic rings. The molecule has 1 fully saturated rings. The Kier molecular flexibility index (Phi) is 8.71. The summed E-state index contributed by atoms with van der Waals surface area (Å²) >= 11 is 0. The molecule has 0 aromatic heterocycles. The van der Waals surface area contributed by atoms with E-state index >= 15 is 0 Å². The van der Waals surface area contributed by atoms with E-state index < -0.39 is 34.3 Å². The summed E-state index contributed by atoms with van der Waals surface area (Å²) in [6.07, 6.45) is 4.80. The van der Waals surface area contributed by atoms with Crippen LogP contribution in [0.2, 0.25) is 0 Å². The molecule has 0 spiro atoms. The number of ether oxygens (including phenoxy) is 1. The predicted octanol–water partition coefficient (Wildman–Crippen LogP) is 3.08. The Hall–Kier alpha value is -3.14. The Balaban J connectivity index is 1.90. The van der Waals surface area contributed by atoms with Gasteiger partial charge in [0, 0.05) is 24.2 Å². The van der Waals surface area contributed by atoms with Gasteiger partial charge in [-0.1, -0.05) is 37.1 Å². The second kappa shape index (κ2) is 11.5. The van der Waals surface area contributed by atoms with Crippen LogP contribution in [0, 0.1) is 5.82 Å². The third-order valence-electron chi connectivity index (χ3n) is 6.19. The summed E-state index contributed by atoms with van der Waals surface area (Å²) in [6.45, 7) is 0.835. The summed E-state index contributed by atoms with van der Waals surface area (Å²) in [4.78, 5) is 27.7. The maximum absolute atomic E-state index is 14.4. The quantitative estimate of drug-likeness (QED) is 0.535. The van der Waals surface area contributed by atoms with E-state index in [0.29, 0.717) is 5.75 Å². The lowest BCUT2D eigenvalue weighted by atomic mass is 10.1. The van der Waals surface area contributed by atoms with Crippen LogP contribution < -0.4 is 14.4 Å². The van der Waals surface area contributed by atoms with Gasteiger partial charge >= 0.3 is 0 Å². The van der Waals surface area contributed by atoms with Gasteiger partial charge in [0.25, 0.3) is 0 Å². The summed E-state index contributed by atoms with van der Waals surface area (Å²) in [6, 6.07) is 11.4. The van der Waals surface area contributed by atoms with Crippen molar-refractivity contribution in [1.29, 1.82) is 0 Å². The van der Waals surface area contributed by atoms with Crippen LogP contribution in [0.3, 0.4) is 0 Å². The minimum atomic E-state index is -3.86. The minimum Gasteiger partial charge on any atom is -0.497 e. The molecule has 0 bridgehead atoms. The smallest absolute Gasteiger partial charge is 0.244 e. The fourth-order valence-electron chi connectivity index (χ4n) is 4.16. The number of carbonyl (C=O) groups excluding carboxylic acids is 2. The highest BCUT2D eigenvalue weighted by molar-refractivity contribution is 7.92. The zero-order valence-electron chi connectivity index (χ0n) is 20.2. The molecule has 8 nitrogen and oxygen atoms in total. The zero-order chi connectivity index (χ0) is 25.6. The van der Waals surface area contributed by atoms with Crippen molar-refractivity contribution in [2.24, 2.45) is 0 Å². The number of methoxy groups -OCH3 is 1. The largest absolute Gasteiger partial charge is 0.497 e. The molecule has 2 amide bonds. The van der Waals surface area contributed by atoms with Crippen LogP contribution in [0.1, 0.15) is 38.2 Å². The van der Waals surface area contributed by atoms with E-state index in [1.165, 1.54) is 36.3 Å². The van der Waals surface area contributed by atoms with Crippen molar-refractivity contribution in [2.45, 2.75) is 51.2 Å². The fourth-order valence-corrected chi connectivity index (χ4v) is 5.01. The number of benzene rings is 2. The molecule has 0 radical (unpaired) electrons. The molecule has 0 heterocycles. The van der Waals surface area contributed by atoms with Crippen LogP contribution in [0.5, 0.6) is 5.75 Å². The zero-order valence-corrected chi connectivity index (χ0v) is 21.1. The predicted molar refractivity (Wildman–Crippen MR) is 132 cm³/mol. The monoisotopic (exact) mass is 505 g/mol. The molecule has 1 saturated carbocycles. The maximum Gasteiger partial charge on any atom is 0.244 e. The van der Waals surface area contributed by atoms with Gasteiger partial charge in [-0.05, 0) is 38.0 Å². The van der Waals surface area contributed by atoms with Gasteiger partial charge in [-0.2, -0.15) is 0 Å². The van der Waals surface area contributed by atoms with Crippen LogP contribution >= 0.6 is 0 Å². The van der Waals surface area contributed by atoms with Gasteiger partial charge in [-0.25, -0.2) is 12.8 Å².